The van der Waals surface area contributed by atoms with Gasteiger partial charge >= 0.3 is 0 Å². The molecular weight excluding hydrogens is 246 g/mol. The number of nitrogens with zero attached hydrogens (tertiary/aromatic N) is 3. The molecule has 0 N–H and O–H groups in total. The van der Waals surface area contributed by atoms with Crippen LogP contribution in [0.2, 0.25) is 0 Å². The van der Waals surface area contributed by atoms with E-state index in [-0.39, 0.29) is 0 Å². The number of methoxy groups -OCH3 is 1. The summed E-state index contributed by atoms with van der Waals surface area (Å²) in [5, 5.41) is 4.40. The summed E-state index contributed by atoms with van der Waals surface area (Å²) < 4.78 is 7.16. The minimum atomic E-state index is 0.529. The molecule has 1 aliphatic rings. The van der Waals surface area contributed by atoms with Gasteiger partial charge in [-0.3, -0.25) is 9.58 Å². The predicted octanol–water partition coefficient (Wildman–Crippen LogP) is 2.03. The quantitative estimate of drug-likeness (QED) is 0.739. The van der Waals surface area contributed by atoms with Crippen LogP contribution in [0, 0.1) is 0 Å². The highest BCUT2D eigenvalue weighted by atomic mass is 32.2. The van der Waals surface area contributed by atoms with Crippen LogP contribution in [0.1, 0.15) is 24.9 Å². The molecule has 1 aromatic rings. The van der Waals surface area contributed by atoms with Crippen molar-refractivity contribution in [3.63, 3.8) is 0 Å². The van der Waals surface area contributed by atoms with Gasteiger partial charge in [-0.25, -0.2) is 0 Å². The first-order chi connectivity index (χ1) is 8.85. The second-order valence-electron chi connectivity index (χ2n) is 4.60. The van der Waals surface area contributed by atoms with Crippen molar-refractivity contribution in [3.8, 4) is 0 Å². The first-order valence-electron chi connectivity index (χ1n) is 6.68. The van der Waals surface area contributed by atoms with Gasteiger partial charge in [-0.1, -0.05) is 0 Å². The van der Waals surface area contributed by atoms with Crippen molar-refractivity contribution in [1.82, 2.24) is 14.7 Å². The highest BCUT2D eigenvalue weighted by Gasteiger charge is 2.24. The summed E-state index contributed by atoms with van der Waals surface area (Å²) in [7, 11) is 1.77. The van der Waals surface area contributed by atoms with Crippen LogP contribution in [0.15, 0.2) is 12.4 Å². The van der Waals surface area contributed by atoms with Crippen molar-refractivity contribution < 1.29 is 4.74 Å². The van der Waals surface area contributed by atoms with Gasteiger partial charge in [0, 0.05) is 62.7 Å². The van der Waals surface area contributed by atoms with E-state index in [0.717, 1.165) is 26.1 Å². The van der Waals surface area contributed by atoms with Crippen LogP contribution in [0.3, 0.4) is 0 Å². The van der Waals surface area contributed by atoms with E-state index in [9.17, 15) is 0 Å². The molecule has 1 aromatic heterocycles. The number of rotatable bonds is 6. The molecule has 2 rings (SSSR count). The first kappa shape index (κ1) is 13.9. The van der Waals surface area contributed by atoms with Gasteiger partial charge in [0.05, 0.1) is 6.20 Å². The van der Waals surface area contributed by atoms with Gasteiger partial charge in [0.1, 0.15) is 0 Å². The molecule has 18 heavy (non-hydrogen) atoms. The lowest BCUT2D eigenvalue weighted by Gasteiger charge is -2.34. The largest absolute Gasteiger partial charge is 0.385 e. The summed E-state index contributed by atoms with van der Waals surface area (Å²) in [5.41, 5.74) is 1.36. The second kappa shape index (κ2) is 7.16. The Morgan fingerprint density at radius 3 is 3.17 bits per heavy atom. The Kier molecular flexibility index (Phi) is 5.53. The molecule has 5 heteroatoms. The molecule has 0 radical (unpaired) electrons. The third-order valence-electron chi connectivity index (χ3n) is 3.40. The predicted molar refractivity (Wildman–Crippen MR) is 76.0 cm³/mol. The maximum atomic E-state index is 5.15. The van der Waals surface area contributed by atoms with E-state index in [1.807, 2.05) is 22.6 Å². The molecule has 0 aliphatic carbocycles. The summed E-state index contributed by atoms with van der Waals surface area (Å²) in [6.07, 6.45) is 5.34. The molecule has 1 saturated heterocycles. The van der Waals surface area contributed by atoms with Crippen molar-refractivity contribution in [2.75, 3.05) is 38.3 Å². The molecule has 0 unspecified atom stereocenters. The number of aromatic nitrogens is 2. The maximum Gasteiger partial charge on any atom is 0.0538 e. The minimum Gasteiger partial charge on any atom is -0.385 e. The molecule has 102 valence electrons. The summed E-state index contributed by atoms with van der Waals surface area (Å²) in [6.45, 7) is 6.23. The smallest absolute Gasteiger partial charge is 0.0538 e. The molecule has 2 heterocycles. The number of ether oxygens (including phenoxy) is 1. The zero-order valence-corrected chi connectivity index (χ0v) is 12.2. The van der Waals surface area contributed by atoms with Gasteiger partial charge in [-0.15, -0.1) is 0 Å². The third-order valence-corrected chi connectivity index (χ3v) is 4.42. The average Bonchev–Trinajstić information content (AvgIpc) is 2.88. The molecule has 4 nitrogen and oxygen atoms in total. The highest BCUT2D eigenvalue weighted by molar-refractivity contribution is 7.99. The number of hydrogen-bond acceptors (Lipinski definition) is 4. The Morgan fingerprint density at radius 2 is 2.44 bits per heavy atom. The van der Waals surface area contributed by atoms with Crippen LogP contribution in [0.5, 0.6) is 0 Å². The lowest BCUT2D eigenvalue weighted by atomic mass is 10.1. The van der Waals surface area contributed by atoms with E-state index in [1.165, 1.54) is 23.6 Å². The normalized spacial score (nSPS) is 21.3. The van der Waals surface area contributed by atoms with Crippen LogP contribution in [0.25, 0.3) is 0 Å². The van der Waals surface area contributed by atoms with Crippen LogP contribution in [-0.2, 0) is 11.3 Å². The number of thioether (sulfide) groups is 1. The van der Waals surface area contributed by atoms with Gasteiger partial charge in [-0.05, 0) is 13.3 Å². The van der Waals surface area contributed by atoms with Gasteiger partial charge in [-0.2, -0.15) is 16.9 Å². The van der Waals surface area contributed by atoms with E-state index in [2.05, 4.69) is 23.1 Å². The van der Waals surface area contributed by atoms with Gasteiger partial charge in [0.2, 0.25) is 0 Å². The minimum absolute atomic E-state index is 0.529. The Hall–Kier alpha value is -0.520. The Balaban J connectivity index is 1.98. The first-order valence-corrected chi connectivity index (χ1v) is 7.83. The molecule has 0 aromatic carbocycles. The van der Waals surface area contributed by atoms with Crippen LogP contribution in [-0.4, -0.2) is 53.0 Å². The topological polar surface area (TPSA) is 30.3 Å². The van der Waals surface area contributed by atoms with E-state index < -0.39 is 0 Å². The van der Waals surface area contributed by atoms with Crippen LogP contribution in [0.4, 0.5) is 0 Å². The fraction of sp³-hybridized carbons (Fsp3) is 0.769. The van der Waals surface area contributed by atoms with Gasteiger partial charge in [0.15, 0.2) is 0 Å². The Morgan fingerprint density at radius 1 is 1.56 bits per heavy atom. The lowest BCUT2D eigenvalue weighted by molar-refractivity contribution is 0.157. The fourth-order valence-corrected chi connectivity index (χ4v) is 3.51. The Bertz CT molecular complexity index is 356. The lowest BCUT2D eigenvalue weighted by Crippen LogP contribution is -2.37. The zero-order valence-electron chi connectivity index (χ0n) is 11.3. The fourth-order valence-electron chi connectivity index (χ4n) is 2.35. The van der Waals surface area contributed by atoms with E-state index >= 15 is 0 Å². The molecule has 0 spiro atoms. The maximum absolute atomic E-state index is 5.15. The van der Waals surface area contributed by atoms with Crippen molar-refractivity contribution in [2.24, 2.45) is 0 Å². The third kappa shape index (κ3) is 3.49. The molecule has 0 bridgehead atoms. The van der Waals surface area contributed by atoms with Gasteiger partial charge < -0.3 is 4.74 Å². The zero-order chi connectivity index (χ0) is 12.8. The molecule has 0 amide bonds. The molecular formula is C13H23N3OS. The summed E-state index contributed by atoms with van der Waals surface area (Å²) in [5.74, 6) is 2.42. The van der Waals surface area contributed by atoms with E-state index in [0.29, 0.717) is 6.04 Å². The number of hydrogen-bond donors (Lipinski definition) is 0. The SMILES string of the molecule is CCn1cc([C@H]2CSCCN2CCCOC)cn1. The van der Waals surface area contributed by atoms with Crippen molar-refractivity contribution >= 4 is 11.8 Å². The van der Waals surface area contributed by atoms with E-state index in [4.69, 9.17) is 4.74 Å². The standard InChI is InChI=1S/C13H23N3OS/c1-3-16-10-12(9-14-16)13-11-18-8-6-15(13)5-4-7-17-2/h9-10,13H,3-8,11H2,1-2H3/t13-/m1/s1. The molecule has 1 atom stereocenters. The summed E-state index contributed by atoms with van der Waals surface area (Å²) in [4.78, 5) is 2.58. The van der Waals surface area contributed by atoms with Gasteiger partial charge in [0.25, 0.3) is 0 Å². The summed E-state index contributed by atoms with van der Waals surface area (Å²) in [6, 6.07) is 0.529. The average molecular weight is 269 g/mol. The van der Waals surface area contributed by atoms with Crippen molar-refractivity contribution in [1.29, 1.82) is 0 Å². The highest BCUT2D eigenvalue weighted by Crippen LogP contribution is 2.29. The molecule has 0 saturated carbocycles. The van der Waals surface area contributed by atoms with Crippen LogP contribution >= 0.6 is 11.8 Å². The second-order valence-corrected chi connectivity index (χ2v) is 5.75. The monoisotopic (exact) mass is 269 g/mol. The van der Waals surface area contributed by atoms with Crippen molar-refractivity contribution in [3.05, 3.63) is 18.0 Å². The molecule has 1 fully saturated rings. The number of aryl methyl sites for hydroxylation is 1. The van der Waals surface area contributed by atoms with Crippen LogP contribution < -0.4 is 0 Å². The summed E-state index contributed by atoms with van der Waals surface area (Å²) >= 11 is 2.05. The Labute approximate surface area is 114 Å². The molecule has 1 aliphatic heterocycles. The van der Waals surface area contributed by atoms with Crippen molar-refractivity contribution in [2.45, 2.75) is 25.9 Å². The van der Waals surface area contributed by atoms with E-state index in [1.54, 1.807) is 7.11 Å².